The summed E-state index contributed by atoms with van der Waals surface area (Å²) in [7, 11) is 1.39. The molecule has 1 aliphatic carbocycles. The van der Waals surface area contributed by atoms with Gasteiger partial charge >= 0.3 is 5.97 Å². The average molecular weight is 197 g/mol. The van der Waals surface area contributed by atoms with Gasteiger partial charge < -0.3 is 10.1 Å². The van der Waals surface area contributed by atoms with Crippen molar-refractivity contribution in [1.82, 2.24) is 5.32 Å². The van der Waals surface area contributed by atoms with Crippen molar-refractivity contribution >= 4 is 11.9 Å². The molecule has 4 heteroatoms. The smallest absolute Gasteiger partial charge is 0.308 e. The second-order valence-electron chi connectivity index (χ2n) is 3.44. The summed E-state index contributed by atoms with van der Waals surface area (Å²) in [5, 5.41) is 2.77. The Kier molecular flexibility index (Phi) is 3.68. The maximum absolute atomic E-state index is 11.2. The van der Waals surface area contributed by atoms with Gasteiger partial charge in [0.05, 0.1) is 13.0 Å². The van der Waals surface area contributed by atoms with Gasteiger partial charge in [-0.3, -0.25) is 9.59 Å². The van der Waals surface area contributed by atoms with E-state index in [-0.39, 0.29) is 23.8 Å². The van der Waals surface area contributed by atoms with E-state index in [1.165, 1.54) is 13.2 Å². The van der Waals surface area contributed by atoms with Gasteiger partial charge in [0, 0.05) is 6.04 Å². The van der Waals surface area contributed by atoms with Crippen LogP contribution < -0.4 is 5.32 Å². The summed E-state index contributed by atoms with van der Waals surface area (Å²) in [4.78, 5) is 22.1. The molecule has 2 atom stereocenters. The van der Waals surface area contributed by atoms with Crippen molar-refractivity contribution < 1.29 is 14.3 Å². The SMILES string of the molecule is C=CC(=O)N[C@H]1CC[C@@H](C(=O)OC)C1. The van der Waals surface area contributed by atoms with E-state index in [1.54, 1.807) is 0 Å². The van der Waals surface area contributed by atoms with Crippen LogP contribution in [-0.2, 0) is 14.3 Å². The topological polar surface area (TPSA) is 55.4 Å². The van der Waals surface area contributed by atoms with Gasteiger partial charge in [-0.1, -0.05) is 6.58 Å². The zero-order valence-corrected chi connectivity index (χ0v) is 8.29. The maximum atomic E-state index is 11.2. The number of methoxy groups -OCH3 is 1. The Hall–Kier alpha value is -1.32. The zero-order chi connectivity index (χ0) is 10.6. The lowest BCUT2D eigenvalue weighted by Crippen LogP contribution is -2.31. The molecule has 0 radical (unpaired) electrons. The Bertz CT molecular complexity index is 250. The van der Waals surface area contributed by atoms with Crippen molar-refractivity contribution in [3.63, 3.8) is 0 Å². The van der Waals surface area contributed by atoms with Crippen LogP contribution >= 0.6 is 0 Å². The average Bonchev–Trinajstić information content (AvgIpc) is 2.65. The molecule has 0 aliphatic heterocycles. The molecule has 0 unspecified atom stereocenters. The fraction of sp³-hybridized carbons (Fsp3) is 0.600. The molecule has 1 rings (SSSR count). The highest BCUT2D eigenvalue weighted by Crippen LogP contribution is 2.26. The van der Waals surface area contributed by atoms with Gasteiger partial charge in [-0.2, -0.15) is 0 Å². The predicted octanol–water partition coefficient (Wildman–Crippen LogP) is 0.630. The van der Waals surface area contributed by atoms with Crippen molar-refractivity contribution in [2.75, 3.05) is 7.11 Å². The normalized spacial score (nSPS) is 25.5. The molecule has 0 saturated heterocycles. The molecule has 1 amide bonds. The second-order valence-corrected chi connectivity index (χ2v) is 3.44. The summed E-state index contributed by atoms with van der Waals surface area (Å²) in [6.07, 6.45) is 3.53. The highest BCUT2D eigenvalue weighted by Gasteiger charge is 2.30. The van der Waals surface area contributed by atoms with Crippen molar-refractivity contribution in [2.24, 2.45) is 5.92 Å². The summed E-state index contributed by atoms with van der Waals surface area (Å²) in [6.45, 7) is 3.37. The monoisotopic (exact) mass is 197 g/mol. The van der Waals surface area contributed by atoms with Crippen LogP contribution in [0.5, 0.6) is 0 Å². The van der Waals surface area contributed by atoms with Gasteiger partial charge in [0.1, 0.15) is 0 Å². The molecular weight excluding hydrogens is 182 g/mol. The highest BCUT2D eigenvalue weighted by atomic mass is 16.5. The Balaban J connectivity index is 2.37. The molecule has 0 aromatic carbocycles. The molecule has 0 heterocycles. The number of carbonyl (C=O) groups excluding carboxylic acids is 2. The van der Waals surface area contributed by atoms with Gasteiger partial charge in [0.15, 0.2) is 0 Å². The fourth-order valence-corrected chi connectivity index (χ4v) is 1.75. The lowest BCUT2D eigenvalue weighted by Gasteiger charge is -2.10. The van der Waals surface area contributed by atoms with Crippen LogP contribution in [0.25, 0.3) is 0 Å². The number of esters is 1. The van der Waals surface area contributed by atoms with Gasteiger partial charge in [0.25, 0.3) is 0 Å². The molecule has 14 heavy (non-hydrogen) atoms. The van der Waals surface area contributed by atoms with Crippen LogP contribution in [-0.4, -0.2) is 25.0 Å². The molecule has 0 aromatic heterocycles. The predicted molar refractivity (Wildman–Crippen MR) is 51.5 cm³/mol. The molecule has 78 valence electrons. The first-order chi connectivity index (χ1) is 6.67. The van der Waals surface area contributed by atoms with Gasteiger partial charge in [-0.05, 0) is 25.3 Å². The molecule has 1 aliphatic rings. The van der Waals surface area contributed by atoms with E-state index in [4.69, 9.17) is 0 Å². The summed E-state index contributed by atoms with van der Waals surface area (Å²) in [5.41, 5.74) is 0. The molecule has 0 bridgehead atoms. The Labute approximate surface area is 83.3 Å². The van der Waals surface area contributed by atoms with E-state index in [2.05, 4.69) is 16.6 Å². The number of ether oxygens (including phenoxy) is 1. The molecule has 1 N–H and O–H groups in total. The first-order valence-corrected chi connectivity index (χ1v) is 4.68. The number of rotatable bonds is 3. The van der Waals surface area contributed by atoms with E-state index < -0.39 is 0 Å². The van der Waals surface area contributed by atoms with E-state index in [0.717, 1.165) is 12.8 Å². The molecule has 0 aromatic rings. The third-order valence-electron chi connectivity index (χ3n) is 2.50. The molecular formula is C10H15NO3. The number of hydrogen-bond acceptors (Lipinski definition) is 3. The second kappa shape index (κ2) is 4.79. The van der Waals surface area contributed by atoms with Crippen LogP contribution in [0.4, 0.5) is 0 Å². The van der Waals surface area contributed by atoms with Crippen molar-refractivity contribution in [2.45, 2.75) is 25.3 Å². The van der Waals surface area contributed by atoms with Crippen molar-refractivity contribution in [3.05, 3.63) is 12.7 Å². The van der Waals surface area contributed by atoms with Gasteiger partial charge in [-0.25, -0.2) is 0 Å². The first-order valence-electron chi connectivity index (χ1n) is 4.68. The Morgan fingerprint density at radius 2 is 2.21 bits per heavy atom. The molecule has 4 nitrogen and oxygen atoms in total. The van der Waals surface area contributed by atoms with Crippen molar-refractivity contribution in [3.8, 4) is 0 Å². The first kappa shape index (κ1) is 10.8. The van der Waals surface area contributed by atoms with E-state index in [9.17, 15) is 9.59 Å². The summed E-state index contributed by atoms with van der Waals surface area (Å²) in [5.74, 6) is -0.420. The largest absolute Gasteiger partial charge is 0.469 e. The summed E-state index contributed by atoms with van der Waals surface area (Å²) >= 11 is 0. The summed E-state index contributed by atoms with van der Waals surface area (Å²) < 4.78 is 4.64. The van der Waals surface area contributed by atoms with Crippen LogP contribution in [0.3, 0.4) is 0 Å². The zero-order valence-electron chi connectivity index (χ0n) is 8.29. The van der Waals surface area contributed by atoms with Crippen LogP contribution in [0, 0.1) is 5.92 Å². The minimum absolute atomic E-state index is 0.0601. The van der Waals surface area contributed by atoms with Gasteiger partial charge in [-0.15, -0.1) is 0 Å². The van der Waals surface area contributed by atoms with Crippen LogP contribution in [0.1, 0.15) is 19.3 Å². The van der Waals surface area contributed by atoms with Crippen LogP contribution in [0.2, 0.25) is 0 Å². The Morgan fingerprint density at radius 1 is 1.50 bits per heavy atom. The van der Waals surface area contributed by atoms with Crippen LogP contribution in [0.15, 0.2) is 12.7 Å². The molecule has 1 fully saturated rings. The molecule has 1 saturated carbocycles. The maximum Gasteiger partial charge on any atom is 0.308 e. The number of amides is 1. The standard InChI is InChI=1S/C10H15NO3/c1-3-9(12)11-8-5-4-7(6-8)10(13)14-2/h3,7-8H,1,4-6H2,2H3,(H,11,12)/t7-,8+/m1/s1. The minimum Gasteiger partial charge on any atom is -0.469 e. The van der Waals surface area contributed by atoms with E-state index in [0.29, 0.717) is 6.42 Å². The number of hydrogen-bond donors (Lipinski definition) is 1. The number of nitrogens with one attached hydrogen (secondary N) is 1. The third kappa shape index (κ3) is 2.58. The summed E-state index contributed by atoms with van der Waals surface area (Å²) in [6, 6.07) is 0.0876. The third-order valence-corrected chi connectivity index (χ3v) is 2.50. The lowest BCUT2D eigenvalue weighted by atomic mass is 10.1. The van der Waals surface area contributed by atoms with Gasteiger partial charge in [0.2, 0.25) is 5.91 Å². The highest BCUT2D eigenvalue weighted by molar-refractivity contribution is 5.87. The van der Waals surface area contributed by atoms with E-state index >= 15 is 0 Å². The van der Waals surface area contributed by atoms with Crippen molar-refractivity contribution in [1.29, 1.82) is 0 Å². The minimum atomic E-state index is -0.180. The number of carbonyl (C=O) groups is 2. The van der Waals surface area contributed by atoms with E-state index in [1.807, 2.05) is 0 Å². The fourth-order valence-electron chi connectivity index (χ4n) is 1.75. The lowest BCUT2D eigenvalue weighted by molar-refractivity contribution is -0.145. The Morgan fingerprint density at radius 3 is 2.79 bits per heavy atom. The molecule has 0 spiro atoms. The quantitative estimate of drug-likeness (QED) is 0.533.